The molecule has 0 fully saturated rings. The number of imidazole rings is 1. The van der Waals surface area contributed by atoms with E-state index in [0.29, 0.717) is 17.8 Å². The van der Waals surface area contributed by atoms with Gasteiger partial charge in [-0.1, -0.05) is 11.8 Å². The van der Waals surface area contributed by atoms with E-state index in [0.717, 1.165) is 13.0 Å². The predicted molar refractivity (Wildman–Crippen MR) is 77.4 cm³/mol. The van der Waals surface area contributed by atoms with Gasteiger partial charge in [-0.15, -0.1) is 0 Å². The topological polar surface area (TPSA) is 80.0 Å². The number of nitrogens with one attached hydrogen (secondary N) is 1. The van der Waals surface area contributed by atoms with Gasteiger partial charge < -0.3 is 15.0 Å². The molecule has 2 heterocycles. The molecule has 0 aliphatic carbocycles. The molecule has 0 unspecified atom stereocenters. The van der Waals surface area contributed by atoms with Gasteiger partial charge in [0.15, 0.2) is 0 Å². The van der Waals surface area contributed by atoms with Crippen LogP contribution >= 0.6 is 0 Å². The summed E-state index contributed by atoms with van der Waals surface area (Å²) in [4.78, 5) is 19.9. The Labute approximate surface area is 122 Å². The summed E-state index contributed by atoms with van der Waals surface area (Å²) >= 11 is 0. The van der Waals surface area contributed by atoms with Gasteiger partial charge in [-0.05, 0) is 18.6 Å². The van der Waals surface area contributed by atoms with Crippen molar-refractivity contribution >= 4 is 5.91 Å². The van der Waals surface area contributed by atoms with Crippen molar-refractivity contribution in [2.75, 3.05) is 13.2 Å². The zero-order chi connectivity index (χ0) is 14.9. The fourth-order valence-electron chi connectivity index (χ4n) is 1.72. The fourth-order valence-corrected chi connectivity index (χ4v) is 1.72. The Morgan fingerprint density at radius 1 is 1.43 bits per heavy atom. The molecule has 2 aromatic rings. The van der Waals surface area contributed by atoms with Crippen LogP contribution in [0.15, 0.2) is 37.1 Å². The van der Waals surface area contributed by atoms with Crippen LogP contribution in [0, 0.1) is 11.8 Å². The van der Waals surface area contributed by atoms with Gasteiger partial charge in [0, 0.05) is 37.2 Å². The molecule has 0 aliphatic heterocycles. The molecule has 21 heavy (non-hydrogen) atoms. The average Bonchev–Trinajstić information content (AvgIpc) is 3.03. The largest absolute Gasteiger partial charge is 0.384 e. The van der Waals surface area contributed by atoms with Crippen molar-refractivity contribution < 1.29 is 9.90 Å². The van der Waals surface area contributed by atoms with E-state index in [4.69, 9.17) is 5.11 Å². The van der Waals surface area contributed by atoms with E-state index in [1.807, 2.05) is 10.8 Å². The van der Waals surface area contributed by atoms with Crippen LogP contribution < -0.4 is 5.32 Å². The van der Waals surface area contributed by atoms with Crippen molar-refractivity contribution in [1.29, 1.82) is 0 Å². The Bertz CT molecular complexity index is 624. The molecule has 6 heteroatoms. The smallest absolute Gasteiger partial charge is 0.269 e. The molecule has 0 saturated heterocycles. The monoisotopic (exact) mass is 284 g/mol. The maximum absolute atomic E-state index is 11.9. The highest BCUT2D eigenvalue weighted by atomic mass is 16.2. The first-order chi connectivity index (χ1) is 10.3. The lowest BCUT2D eigenvalue weighted by atomic mass is 10.2. The molecule has 2 rings (SSSR count). The molecule has 2 aromatic heterocycles. The van der Waals surface area contributed by atoms with E-state index in [1.165, 1.54) is 6.20 Å². The van der Waals surface area contributed by atoms with Crippen LogP contribution in [0.25, 0.3) is 0 Å². The number of hydrogen-bond donors (Lipinski definition) is 2. The summed E-state index contributed by atoms with van der Waals surface area (Å²) in [5.74, 6) is 5.05. The summed E-state index contributed by atoms with van der Waals surface area (Å²) in [6.45, 7) is 1.19. The van der Waals surface area contributed by atoms with E-state index < -0.39 is 0 Å². The van der Waals surface area contributed by atoms with E-state index in [9.17, 15) is 4.79 Å². The molecule has 0 atom stereocenters. The van der Waals surface area contributed by atoms with Crippen LogP contribution in [0.2, 0.25) is 0 Å². The Morgan fingerprint density at radius 3 is 3.00 bits per heavy atom. The summed E-state index contributed by atoms with van der Waals surface area (Å²) < 4.78 is 1.96. The van der Waals surface area contributed by atoms with Crippen molar-refractivity contribution in [1.82, 2.24) is 19.9 Å². The Hall–Kier alpha value is -2.65. The molecule has 0 saturated carbocycles. The van der Waals surface area contributed by atoms with Crippen LogP contribution in [0.4, 0.5) is 0 Å². The number of nitrogens with zero attached hydrogens (tertiary/aromatic N) is 3. The lowest BCUT2D eigenvalue weighted by molar-refractivity contribution is 0.0948. The number of pyridine rings is 1. The van der Waals surface area contributed by atoms with Gasteiger partial charge in [0.2, 0.25) is 0 Å². The maximum atomic E-state index is 11.9. The summed E-state index contributed by atoms with van der Waals surface area (Å²) in [6.07, 6.45) is 7.69. The quantitative estimate of drug-likeness (QED) is 0.617. The molecule has 0 bridgehead atoms. The third kappa shape index (κ3) is 4.75. The normalized spacial score (nSPS) is 9.76. The molecule has 0 aromatic carbocycles. The molecule has 0 spiro atoms. The molecule has 108 valence electrons. The molecule has 2 N–H and O–H groups in total. The Balaban J connectivity index is 1.77. The van der Waals surface area contributed by atoms with Gasteiger partial charge in [-0.3, -0.25) is 4.79 Å². The van der Waals surface area contributed by atoms with E-state index >= 15 is 0 Å². The SMILES string of the molecule is O=C(NCCCn1ccnc1)c1ccc(C#CCO)cn1. The van der Waals surface area contributed by atoms with Crippen molar-refractivity contribution in [2.45, 2.75) is 13.0 Å². The average molecular weight is 284 g/mol. The highest BCUT2D eigenvalue weighted by Gasteiger charge is 2.05. The van der Waals surface area contributed by atoms with Crippen LogP contribution in [0.1, 0.15) is 22.5 Å². The summed E-state index contributed by atoms with van der Waals surface area (Å²) in [7, 11) is 0. The number of carbonyl (C=O) groups excluding carboxylic acids is 1. The number of aliphatic hydroxyl groups excluding tert-OH is 1. The second kappa shape index (κ2) is 7.82. The lowest BCUT2D eigenvalue weighted by Gasteiger charge is -2.05. The van der Waals surface area contributed by atoms with Crippen LogP contribution in [0.3, 0.4) is 0 Å². The zero-order valence-corrected chi connectivity index (χ0v) is 11.5. The first-order valence-electron chi connectivity index (χ1n) is 6.59. The van der Waals surface area contributed by atoms with Crippen LogP contribution in [-0.4, -0.2) is 38.7 Å². The van der Waals surface area contributed by atoms with Gasteiger partial charge in [-0.25, -0.2) is 9.97 Å². The van der Waals surface area contributed by atoms with E-state index in [2.05, 4.69) is 27.1 Å². The van der Waals surface area contributed by atoms with Crippen molar-refractivity contribution in [3.63, 3.8) is 0 Å². The van der Waals surface area contributed by atoms with Gasteiger partial charge in [-0.2, -0.15) is 0 Å². The Kier molecular flexibility index (Phi) is 5.50. The second-order valence-electron chi connectivity index (χ2n) is 4.30. The number of aliphatic hydroxyl groups is 1. The van der Waals surface area contributed by atoms with Gasteiger partial charge in [0.05, 0.1) is 6.33 Å². The molecule has 0 aliphatic rings. The zero-order valence-electron chi connectivity index (χ0n) is 11.5. The van der Waals surface area contributed by atoms with Crippen molar-refractivity contribution in [3.05, 3.63) is 48.3 Å². The number of rotatable bonds is 5. The first kappa shape index (κ1) is 14.8. The first-order valence-corrected chi connectivity index (χ1v) is 6.59. The second-order valence-corrected chi connectivity index (χ2v) is 4.30. The van der Waals surface area contributed by atoms with Crippen LogP contribution in [0.5, 0.6) is 0 Å². The van der Waals surface area contributed by atoms with Crippen LogP contribution in [-0.2, 0) is 6.54 Å². The number of aryl methyl sites for hydroxylation is 1. The maximum Gasteiger partial charge on any atom is 0.269 e. The van der Waals surface area contributed by atoms with E-state index in [1.54, 1.807) is 24.7 Å². The minimum Gasteiger partial charge on any atom is -0.384 e. The van der Waals surface area contributed by atoms with E-state index in [-0.39, 0.29) is 12.5 Å². The summed E-state index contributed by atoms with van der Waals surface area (Å²) in [5.41, 5.74) is 1.02. The predicted octanol–water partition coefficient (Wildman–Crippen LogP) is 0.442. The number of carbonyl (C=O) groups is 1. The minimum atomic E-state index is -0.206. The third-order valence-electron chi connectivity index (χ3n) is 2.75. The summed E-state index contributed by atoms with van der Waals surface area (Å²) in [5, 5.41) is 11.4. The van der Waals surface area contributed by atoms with Gasteiger partial charge in [0.25, 0.3) is 5.91 Å². The molecule has 6 nitrogen and oxygen atoms in total. The Morgan fingerprint density at radius 2 is 2.33 bits per heavy atom. The standard InChI is InChI=1S/C15H16N4O2/c20-10-1-3-13-4-5-14(18-11-13)15(21)17-6-2-8-19-9-7-16-12-19/h4-5,7,9,11-12,20H,2,6,8,10H2,(H,17,21). The van der Waals surface area contributed by atoms with Gasteiger partial charge in [0.1, 0.15) is 12.3 Å². The lowest BCUT2D eigenvalue weighted by Crippen LogP contribution is -2.26. The summed E-state index contributed by atoms with van der Waals surface area (Å²) in [6, 6.07) is 3.32. The highest BCUT2D eigenvalue weighted by molar-refractivity contribution is 5.92. The minimum absolute atomic E-state index is 0.195. The van der Waals surface area contributed by atoms with Gasteiger partial charge >= 0.3 is 0 Å². The number of hydrogen-bond acceptors (Lipinski definition) is 4. The van der Waals surface area contributed by atoms with Crippen molar-refractivity contribution in [2.24, 2.45) is 0 Å². The molecule has 1 amide bonds. The number of aromatic nitrogens is 3. The highest BCUT2D eigenvalue weighted by Crippen LogP contribution is 1.99. The van der Waals surface area contributed by atoms with Crippen molar-refractivity contribution in [3.8, 4) is 11.8 Å². The fraction of sp³-hybridized carbons (Fsp3) is 0.267. The third-order valence-corrected chi connectivity index (χ3v) is 2.75. The molecular formula is C15H16N4O2. The molecular weight excluding hydrogens is 268 g/mol. The molecule has 0 radical (unpaired) electrons. The number of amides is 1.